The fourth-order valence-corrected chi connectivity index (χ4v) is 2.42. The van der Waals surface area contributed by atoms with E-state index in [1.807, 2.05) is 6.92 Å². The third kappa shape index (κ3) is 3.59. The standard InChI is InChI=1S/C13H13FN2O2S/c1-9(11-2-4-12(14)5-3-11)15-7-10-6-13(16(17)18)19-8-10/h2-6,8-9,15H,7H2,1H3. The van der Waals surface area contributed by atoms with E-state index in [4.69, 9.17) is 0 Å². The molecule has 0 fully saturated rings. The first-order chi connectivity index (χ1) is 9.06. The van der Waals surface area contributed by atoms with Crippen LogP contribution in [0.5, 0.6) is 0 Å². The van der Waals surface area contributed by atoms with Crippen LogP contribution >= 0.6 is 11.3 Å². The van der Waals surface area contributed by atoms with Crippen molar-refractivity contribution in [2.45, 2.75) is 19.5 Å². The second-order valence-electron chi connectivity index (χ2n) is 4.20. The molecule has 0 radical (unpaired) electrons. The Bertz CT molecular complexity index is 568. The summed E-state index contributed by atoms with van der Waals surface area (Å²) >= 11 is 1.12. The molecule has 1 heterocycles. The summed E-state index contributed by atoms with van der Waals surface area (Å²) in [6, 6.07) is 7.91. The monoisotopic (exact) mass is 280 g/mol. The van der Waals surface area contributed by atoms with Crippen LogP contribution in [0.25, 0.3) is 0 Å². The van der Waals surface area contributed by atoms with Crippen LogP contribution in [-0.2, 0) is 6.54 Å². The lowest BCUT2D eigenvalue weighted by molar-refractivity contribution is -0.380. The van der Waals surface area contributed by atoms with Crippen molar-refractivity contribution in [3.05, 3.63) is 62.8 Å². The van der Waals surface area contributed by atoms with Gasteiger partial charge >= 0.3 is 5.00 Å². The van der Waals surface area contributed by atoms with Gasteiger partial charge in [-0.25, -0.2) is 4.39 Å². The van der Waals surface area contributed by atoms with E-state index in [9.17, 15) is 14.5 Å². The summed E-state index contributed by atoms with van der Waals surface area (Å²) in [4.78, 5) is 10.2. The minimum absolute atomic E-state index is 0.0551. The maximum atomic E-state index is 12.8. The van der Waals surface area contributed by atoms with Gasteiger partial charge in [0.15, 0.2) is 0 Å². The highest BCUT2D eigenvalue weighted by Crippen LogP contribution is 2.23. The highest BCUT2D eigenvalue weighted by atomic mass is 32.1. The zero-order chi connectivity index (χ0) is 13.8. The zero-order valence-electron chi connectivity index (χ0n) is 10.3. The molecule has 4 nitrogen and oxygen atoms in total. The zero-order valence-corrected chi connectivity index (χ0v) is 11.1. The van der Waals surface area contributed by atoms with Crippen molar-refractivity contribution in [3.63, 3.8) is 0 Å². The minimum Gasteiger partial charge on any atom is -0.306 e. The van der Waals surface area contributed by atoms with Crippen molar-refractivity contribution in [2.24, 2.45) is 0 Å². The molecule has 1 aromatic carbocycles. The topological polar surface area (TPSA) is 55.2 Å². The van der Waals surface area contributed by atoms with E-state index >= 15 is 0 Å². The minimum atomic E-state index is -0.391. The molecule has 0 bridgehead atoms. The van der Waals surface area contributed by atoms with Crippen LogP contribution in [0.1, 0.15) is 24.1 Å². The van der Waals surface area contributed by atoms with Gasteiger partial charge in [-0.2, -0.15) is 0 Å². The Labute approximate surface area is 114 Å². The molecular formula is C13H13FN2O2S. The molecule has 0 aliphatic heterocycles. The van der Waals surface area contributed by atoms with Crippen molar-refractivity contribution in [3.8, 4) is 0 Å². The second-order valence-corrected chi connectivity index (χ2v) is 5.09. The number of nitro groups is 1. The van der Waals surface area contributed by atoms with Crippen LogP contribution in [0, 0.1) is 15.9 Å². The third-order valence-corrected chi connectivity index (χ3v) is 3.73. The van der Waals surface area contributed by atoms with E-state index in [2.05, 4.69) is 5.32 Å². The van der Waals surface area contributed by atoms with Crippen LogP contribution < -0.4 is 5.32 Å². The predicted octanol–water partition coefficient (Wildman–Crippen LogP) is 3.65. The number of hydrogen-bond acceptors (Lipinski definition) is 4. The Kier molecular flexibility index (Phi) is 4.24. The highest BCUT2D eigenvalue weighted by molar-refractivity contribution is 7.13. The summed E-state index contributed by atoms with van der Waals surface area (Å²) in [5.41, 5.74) is 1.86. The Morgan fingerprint density at radius 3 is 2.68 bits per heavy atom. The molecule has 0 saturated heterocycles. The van der Waals surface area contributed by atoms with Gasteiger partial charge in [0.2, 0.25) is 0 Å². The van der Waals surface area contributed by atoms with E-state index < -0.39 is 4.92 Å². The van der Waals surface area contributed by atoms with Gasteiger partial charge in [0.25, 0.3) is 0 Å². The Hall–Kier alpha value is -1.79. The molecule has 1 atom stereocenters. The average Bonchev–Trinajstić information content (AvgIpc) is 2.86. The number of benzene rings is 1. The van der Waals surface area contributed by atoms with Gasteiger partial charge in [-0.1, -0.05) is 23.5 Å². The number of hydrogen-bond donors (Lipinski definition) is 1. The summed E-state index contributed by atoms with van der Waals surface area (Å²) in [6.07, 6.45) is 0. The van der Waals surface area contributed by atoms with Crippen molar-refractivity contribution < 1.29 is 9.31 Å². The van der Waals surface area contributed by atoms with Gasteiger partial charge in [-0.15, -0.1) is 0 Å². The van der Waals surface area contributed by atoms with Gasteiger partial charge < -0.3 is 5.32 Å². The number of rotatable bonds is 5. The second kappa shape index (κ2) is 5.90. The molecule has 19 heavy (non-hydrogen) atoms. The molecule has 0 spiro atoms. The fraction of sp³-hybridized carbons (Fsp3) is 0.231. The SMILES string of the molecule is CC(NCc1csc([N+](=O)[O-])c1)c1ccc(F)cc1. The lowest BCUT2D eigenvalue weighted by Crippen LogP contribution is -2.17. The molecule has 2 aromatic rings. The van der Waals surface area contributed by atoms with Crippen molar-refractivity contribution >= 4 is 16.3 Å². The van der Waals surface area contributed by atoms with E-state index in [1.165, 1.54) is 12.1 Å². The third-order valence-electron chi connectivity index (χ3n) is 2.80. The van der Waals surface area contributed by atoms with Crippen LogP contribution in [0.4, 0.5) is 9.39 Å². The molecule has 0 saturated carbocycles. The van der Waals surface area contributed by atoms with Crippen molar-refractivity contribution in [2.75, 3.05) is 0 Å². The molecule has 6 heteroatoms. The number of halogens is 1. The molecule has 0 aliphatic carbocycles. The largest absolute Gasteiger partial charge is 0.324 e. The summed E-state index contributed by atoms with van der Waals surface area (Å²) in [5, 5.41) is 15.7. The van der Waals surface area contributed by atoms with Crippen molar-refractivity contribution in [1.82, 2.24) is 5.32 Å². The maximum Gasteiger partial charge on any atom is 0.324 e. The van der Waals surface area contributed by atoms with Gasteiger partial charge in [-0.05, 0) is 30.2 Å². The molecule has 1 unspecified atom stereocenters. The first-order valence-electron chi connectivity index (χ1n) is 5.77. The van der Waals surface area contributed by atoms with Crippen LogP contribution in [0.15, 0.2) is 35.7 Å². The Balaban J connectivity index is 1.94. The lowest BCUT2D eigenvalue weighted by atomic mass is 10.1. The predicted molar refractivity (Wildman–Crippen MR) is 72.6 cm³/mol. The molecule has 1 N–H and O–H groups in total. The quantitative estimate of drug-likeness (QED) is 0.672. The Morgan fingerprint density at radius 1 is 1.42 bits per heavy atom. The van der Waals surface area contributed by atoms with Crippen molar-refractivity contribution in [1.29, 1.82) is 0 Å². The van der Waals surface area contributed by atoms with Gasteiger partial charge in [-0.3, -0.25) is 10.1 Å². The first-order valence-corrected chi connectivity index (χ1v) is 6.65. The van der Waals surface area contributed by atoms with Crippen LogP contribution in [0.2, 0.25) is 0 Å². The highest BCUT2D eigenvalue weighted by Gasteiger charge is 2.10. The number of nitrogens with zero attached hydrogens (tertiary/aromatic N) is 1. The average molecular weight is 280 g/mol. The van der Waals surface area contributed by atoms with Gasteiger partial charge in [0, 0.05) is 24.0 Å². The normalized spacial score (nSPS) is 12.3. The first kappa shape index (κ1) is 13.6. The van der Waals surface area contributed by atoms with E-state index in [-0.39, 0.29) is 16.9 Å². The van der Waals surface area contributed by atoms with Gasteiger partial charge in [0.1, 0.15) is 5.82 Å². The Morgan fingerprint density at radius 2 is 2.11 bits per heavy atom. The van der Waals surface area contributed by atoms with Gasteiger partial charge in [0.05, 0.1) is 4.92 Å². The van der Waals surface area contributed by atoms with E-state index in [0.717, 1.165) is 22.5 Å². The number of thiophene rings is 1. The molecular weight excluding hydrogens is 267 g/mol. The summed E-state index contributed by atoms with van der Waals surface area (Å²) in [6.45, 7) is 2.51. The molecule has 0 amide bonds. The molecule has 2 rings (SSSR count). The molecule has 0 aliphatic rings. The summed E-state index contributed by atoms with van der Waals surface area (Å²) in [5.74, 6) is -0.260. The van der Waals surface area contributed by atoms with E-state index in [1.54, 1.807) is 23.6 Å². The molecule has 100 valence electrons. The lowest BCUT2D eigenvalue weighted by Gasteiger charge is -2.13. The van der Waals surface area contributed by atoms with E-state index in [0.29, 0.717) is 6.54 Å². The maximum absolute atomic E-state index is 12.8. The van der Waals surface area contributed by atoms with Crippen LogP contribution in [0.3, 0.4) is 0 Å². The fourth-order valence-electron chi connectivity index (χ4n) is 1.69. The smallest absolute Gasteiger partial charge is 0.306 e. The number of nitrogens with one attached hydrogen (secondary N) is 1. The van der Waals surface area contributed by atoms with Crippen LogP contribution in [-0.4, -0.2) is 4.92 Å². The summed E-state index contributed by atoms with van der Waals surface area (Å²) in [7, 11) is 0. The summed E-state index contributed by atoms with van der Waals surface area (Å²) < 4.78 is 12.8. The molecule has 1 aromatic heterocycles.